The number of nitrogens with one attached hydrogen (secondary N) is 1. The molecule has 0 saturated carbocycles. The summed E-state index contributed by atoms with van der Waals surface area (Å²) in [6.07, 6.45) is 1.87. The molecular formula is C14H18ClN3S. The minimum atomic E-state index is 0.545. The average molecular weight is 296 g/mol. The van der Waals surface area contributed by atoms with Gasteiger partial charge in [-0.25, -0.2) is 9.97 Å². The lowest BCUT2D eigenvalue weighted by Crippen LogP contribution is -2.06. The Morgan fingerprint density at radius 2 is 2.05 bits per heavy atom. The lowest BCUT2D eigenvalue weighted by Gasteiger charge is -2.10. The van der Waals surface area contributed by atoms with Gasteiger partial charge < -0.3 is 5.32 Å². The molecular weight excluding hydrogens is 278 g/mol. The van der Waals surface area contributed by atoms with E-state index in [1.165, 1.54) is 9.75 Å². The lowest BCUT2D eigenvalue weighted by molar-refractivity contribution is 0.830. The quantitative estimate of drug-likeness (QED) is 0.832. The van der Waals surface area contributed by atoms with Gasteiger partial charge in [0.05, 0.1) is 6.54 Å². The fourth-order valence-corrected chi connectivity index (χ4v) is 2.81. The number of rotatable bonds is 5. The summed E-state index contributed by atoms with van der Waals surface area (Å²) in [5, 5.41) is 3.90. The maximum atomic E-state index is 6.15. The molecule has 2 aromatic heterocycles. The molecule has 102 valence electrons. The molecule has 0 bridgehead atoms. The third kappa shape index (κ3) is 3.67. The van der Waals surface area contributed by atoms with Gasteiger partial charge >= 0.3 is 0 Å². The Kier molecular flexibility index (Phi) is 4.77. The molecule has 5 heteroatoms. The Labute approximate surface area is 123 Å². The number of thiophene rings is 1. The first-order valence-electron chi connectivity index (χ1n) is 6.42. The Bertz CT molecular complexity index is 566. The van der Waals surface area contributed by atoms with Crippen LogP contribution in [0.1, 0.15) is 34.5 Å². The zero-order chi connectivity index (χ0) is 13.8. The highest BCUT2D eigenvalue weighted by Crippen LogP contribution is 2.22. The van der Waals surface area contributed by atoms with Crippen molar-refractivity contribution < 1.29 is 0 Å². The number of halogens is 1. The highest BCUT2D eigenvalue weighted by molar-refractivity contribution is 7.11. The molecule has 2 rings (SSSR count). The van der Waals surface area contributed by atoms with Crippen LogP contribution in [0.5, 0.6) is 0 Å². The van der Waals surface area contributed by atoms with Crippen LogP contribution in [0.3, 0.4) is 0 Å². The molecule has 0 aromatic carbocycles. The number of nitrogens with zero attached hydrogens (tertiary/aromatic N) is 2. The van der Waals surface area contributed by atoms with E-state index in [0.717, 1.165) is 36.6 Å². The Balaban J connectivity index is 2.14. The van der Waals surface area contributed by atoms with Gasteiger partial charge in [-0.05, 0) is 32.4 Å². The molecule has 0 saturated heterocycles. The van der Waals surface area contributed by atoms with Gasteiger partial charge in [0.1, 0.15) is 16.8 Å². The van der Waals surface area contributed by atoms with Crippen LogP contribution < -0.4 is 5.32 Å². The molecule has 2 heterocycles. The maximum absolute atomic E-state index is 6.15. The molecule has 0 radical (unpaired) electrons. The summed E-state index contributed by atoms with van der Waals surface area (Å²) in [7, 11) is 0. The van der Waals surface area contributed by atoms with Crippen molar-refractivity contribution in [3.8, 4) is 0 Å². The van der Waals surface area contributed by atoms with E-state index in [2.05, 4.69) is 41.3 Å². The normalized spacial score (nSPS) is 10.7. The first-order valence-corrected chi connectivity index (χ1v) is 7.61. The molecule has 3 nitrogen and oxygen atoms in total. The zero-order valence-electron chi connectivity index (χ0n) is 11.5. The molecule has 0 fully saturated rings. The topological polar surface area (TPSA) is 37.8 Å². The van der Waals surface area contributed by atoms with E-state index >= 15 is 0 Å². The third-order valence-corrected chi connectivity index (χ3v) is 4.20. The van der Waals surface area contributed by atoms with Crippen LogP contribution in [0.4, 0.5) is 5.82 Å². The summed E-state index contributed by atoms with van der Waals surface area (Å²) in [5.41, 5.74) is 0.912. The minimum Gasteiger partial charge on any atom is -0.365 e. The van der Waals surface area contributed by atoms with Gasteiger partial charge in [0.2, 0.25) is 0 Å². The number of aryl methyl sites for hydroxylation is 2. The van der Waals surface area contributed by atoms with Crippen molar-refractivity contribution in [2.24, 2.45) is 0 Å². The molecule has 0 spiro atoms. The van der Waals surface area contributed by atoms with E-state index in [4.69, 9.17) is 11.6 Å². The second-order valence-corrected chi connectivity index (χ2v) is 6.25. The largest absolute Gasteiger partial charge is 0.365 e. The van der Waals surface area contributed by atoms with Crippen LogP contribution in [0.25, 0.3) is 0 Å². The van der Waals surface area contributed by atoms with E-state index in [1.807, 2.05) is 6.92 Å². The summed E-state index contributed by atoms with van der Waals surface area (Å²) in [6, 6.07) is 4.27. The Morgan fingerprint density at radius 1 is 1.26 bits per heavy atom. The van der Waals surface area contributed by atoms with Crippen molar-refractivity contribution in [2.45, 2.75) is 40.2 Å². The van der Waals surface area contributed by atoms with Crippen molar-refractivity contribution in [1.82, 2.24) is 9.97 Å². The minimum absolute atomic E-state index is 0.545. The Hall–Kier alpha value is -1.13. The molecule has 2 aromatic rings. The fraction of sp³-hybridized carbons (Fsp3) is 0.429. The molecule has 0 unspecified atom stereocenters. The monoisotopic (exact) mass is 295 g/mol. The molecule has 0 atom stereocenters. The van der Waals surface area contributed by atoms with Gasteiger partial charge in [-0.2, -0.15) is 0 Å². The van der Waals surface area contributed by atoms with Crippen LogP contribution >= 0.6 is 22.9 Å². The fourth-order valence-electron chi connectivity index (χ4n) is 1.79. The third-order valence-electron chi connectivity index (χ3n) is 2.83. The maximum Gasteiger partial charge on any atom is 0.137 e. The van der Waals surface area contributed by atoms with Gasteiger partial charge in [0.15, 0.2) is 0 Å². The van der Waals surface area contributed by atoms with E-state index in [1.54, 1.807) is 11.3 Å². The van der Waals surface area contributed by atoms with Crippen LogP contribution in [-0.2, 0) is 13.0 Å². The number of hydrogen-bond donors (Lipinski definition) is 1. The molecule has 0 aliphatic heterocycles. The number of hydrogen-bond acceptors (Lipinski definition) is 4. The predicted molar refractivity (Wildman–Crippen MR) is 82.2 cm³/mol. The van der Waals surface area contributed by atoms with Crippen LogP contribution in [0.15, 0.2) is 12.1 Å². The van der Waals surface area contributed by atoms with Gasteiger partial charge in [0.25, 0.3) is 0 Å². The molecule has 19 heavy (non-hydrogen) atoms. The molecule has 0 amide bonds. The van der Waals surface area contributed by atoms with Gasteiger partial charge in [0, 0.05) is 21.7 Å². The second-order valence-electron chi connectivity index (χ2n) is 4.52. The van der Waals surface area contributed by atoms with Crippen LogP contribution in [0, 0.1) is 13.8 Å². The second kappa shape index (κ2) is 6.35. The Morgan fingerprint density at radius 3 is 2.68 bits per heavy atom. The van der Waals surface area contributed by atoms with E-state index in [-0.39, 0.29) is 0 Å². The van der Waals surface area contributed by atoms with Crippen molar-refractivity contribution in [2.75, 3.05) is 5.32 Å². The summed E-state index contributed by atoms with van der Waals surface area (Å²) < 4.78 is 0. The summed E-state index contributed by atoms with van der Waals surface area (Å²) in [6.45, 7) is 6.94. The van der Waals surface area contributed by atoms with Crippen LogP contribution in [0.2, 0.25) is 5.15 Å². The zero-order valence-corrected chi connectivity index (χ0v) is 13.0. The summed E-state index contributed by atoms with van der Waals surface area (Å²) in [5.74, 6) is 1.65. The van der Waals surface area contributed by atoms with Crippen LogP contribution in [-0.4, -0.2) is 9.97 Å². The predicted octanol–water partition coefficient (Wildman–Crippen LogP) is 4.37. The highest BCUT2D eigenvalue weighted by atomic mass is 35.5. The van der Waals surface area contributed by atoms with E-state index < -0.39 is 0 Å². The van der Waals surface area contributed by atoms with Crippen molar-refractivity contribution in [3.05, 3.63) is 38.4 Å². The van der Waals surface area contributed by atoms with E-state index in [0.29, 0.717) is 5.15 Å². The van der Waals surface area contributed by atoms with Gasteiger partial charge in [-0.3, -0.25) is 0 Å². The van der Waals surface area contributed by atoms with Crippen molar-refractivity contribution in [1.29, 1.82) is 0 Å². The molecule has 0 aliphatic rings. The highest BCUT2D eigenvalue weighted by Gasteiger charge is 2.09. The average Bonchev–Trinajstić information content (AvgIpc) is 2.78. The summed E-state index contributed by atoms with van der Waals surface area (Å²) in [4.78, 5) is 11.5. The number of anilines is 1. The standard InChI is InChI=1S/C14H18ClN3S/c1-4-5-12-17-13(15)10(3)14(18-12)16-8-11-7-6-9(2)19-11/h6-7H,4-5,8H2,1-3H3,(H,16,17,18). The molecule has 0 aliphatic carbocycles. The van der Waals surface area contributed by atoms with Gasteiger partial charge in [-0.1, -0.05) is 18.5 Å². The lowest BCUT2D eigenvalue weighted by atomic mass is 10.3. The van der Waals surface area contributed by atoms with Crippen molar-refractivity contribution in [3.63, 3.8) is 0 Å². The first kappa shape index (κ1) is 14.3. The van der Waals surface area contributed by atoms with Gasteiger partial charge in [-0.15, -0.1) is 11.3 Å². The van der Waals surface area contributed by atoms with E-state index in [9.17, 15) is 0 Å². The molecule has 1 N–H and O–H groups in total. The number of aromatic nitrogens is 2. The SMILES string of the molecule is CCCc1nc(Cl)c(C)c(NCc2ccc(C)s2)n1. The summed E-state index contributed by atoms with van der Waals surface area (Å²) >= 11 is 7.94. The smallest absolute Gasteiger partial charge is 0.137 e. The van der Waals surface area contributed by atoms with Crippen molar-refractivity contribution >= 4 is 28.8 Å². The first-order chi connectivity index (χ1) is 9.10.